The molecule has 4 fully saturated rings. The van der Waals surface area contributed by atoms with Gasteiger partial charge < -0.3 is 4.74 Å². The highest BCUT2D eigenvalue weighted by atomic mass is 16.5. The van der Waals surface area contributed by atoms with Gasteiger partial charge in [0, 0.05) is 22.7 Å². The molecule has 4 aliphatic carbocycles. The number of carbonyl (C=O) groups excluding carboxylic acids is 2. The van der Waals surface area contributed by atoms with E-state index in [4.69, 9.17) is 4.74 Å². The van der Waals surface area contributed by atoms with Gasteiger partial charge in [-0.25, -0.2) is 0 Å². The summed E-state index contributed by atoms with van der Waals surface area (Å²) in [6.45, 7) is 0. The van der Waals surface area contributed by atoms with Crippen molar-refractivity contribution in [2.24, 2.45) is 22.7 Å². The molecule has 4 saturated carbocycles. The number of rotatable bonds is 2. The van der Waals surface area contributed by atoms with Crippen LogP contribution in [0.2, 0.25) is 0 Å². The first-order valence-corrected chi connectivity index (χ1v) is 7.79. The Morgan fingerprint density at radius 3 is 2.62 bits per heavy atom. The molecule has 0 radical (unpaired) electrons. The molecule has 0 heterocycles. The lowest BCUT2D eigenvalue weighted by molar-refractivity contribution is -0.262. The van der Waals surface area contributed by atoms with Gasteiger partial charge >= 0.3 is 5.97 Å². The molecule has 1 aromatic rings. The number of carbonyl (C=O) groups is 2. The van der Waals surface area contributed by atoms with E-state index in [2.05, 4.69) is 24.3 Å². The molecule has 21 heavy (non-hydrogen) atoms. The third kappa shape index (κ3) is 0.913. The van der Waals surface area contributed by atoms with Crippen molar-refractivity contribution in [3.63, 3.8) is 0 Å². The minimum atomic E-state index is -0.376. The molecule has 0 aromatic heterocycles. The molecule has 3 heteroatoms. The summed E-state index contributed by atoms with van der Waals surface area (Å²) in [5, 5.41) is 0. The Bertz CT molecular complexity index is 681. The summed E-state index contributed by atoms with van der Waals surface area (Å²) in [6, 6.07) is 10.5. The predicted molar refractivity (Wildman–Crippen MR) is 75.5 cm³/mol. The van der Waals surface area contributed by atoms with Crippen LogP contribution in [0.25, 0.3) is 0 Å². The molecule has 0 N–H and O–H groups in total. The van der Waals surface area contributed by atoms with Crippen LogP contribution in [0, 0.1) is 22.7 Å². The highest BCUT2D eigenvalue weighted by molar-refractivity contribution is 5.97. The highest BCUT2D eigenvalue weighted by Crippen LogP contribution is 2.90. The maximum Gasteiger partial charge on any atom is 0.312 e. The SMILES string of the molecule is COC(=O)C12CC3CC14C(CC4(c1ccccc1)C2)C3=O. The van der Waals surface area contributed by atoms with E-state index in [9.17, 15) is 9.59 Å². The van der Waals surface area contributed by atoms with Crippen molar-refractivity contribution in [2.75, 3.05) is 7.11 Å². The van der Waals surface area contributed by atoms with E-state index < -0.39 is 0 Å². The average Bonchev–Trinajstić information content (AvgIpc) is 2.97. The van der Waals surface area contributed by atoms with E-state index in [0.717, 1.165) is 25.7 Å². The number of hydrogen-bond acceptors (Lipinski definition) is 3. The molecule has 2 bridgehead atoms. The quantitative estimate of drug-likeness (QED) is 0.783. The Morgan fingerprint density at radius 1 is 1.19 bits per heavy atom. The number of fused-ring (bicyclic) bond motifs is 1. The lowest BCUT2D eigenvalue weighted by Gasteiger charge is -2.77. The molecule has 0 amide bonds. The summed E-state index contributed by atoms with van der Waals surface area (Å²) in [5.74, 6) is 0.543. The van der Waals surface area contributed by atoms with Crippen LogP contribution >= 0.6 is 0 Å². The largest absolute Gasteiger partial charge is 0.469 e. The van der Waals surface area contributed by atoms with Crippen molar-refractivity contribution in [1.82, 2.24) is 0 Å². The van der Waals surface area contributed by atoms with Crippen molar-refractivity contribution in [2.45, 2.75) is 31.1 Å². The summed E-state index contributed by atoms with van der Waals surface area (Å²) in [4.78, 5) is 25.0. The molecule has 5 rings (SSSR count). The van der Waals surface area contributed by atoms with Gasteiger partial charge in [0.1, 0.15) is 5.78 Å². The molecule has 5 unspecified atom stereocenters. The predicted octanol–water partition coefficient (Wildman–Crippen LogP) is 2.49. The normalized spacial score (nSPS) is 48.3. The second-order valence-electron chi connectivity index (χ2n) is 7.43. The zero-order valence-electron chi connectivity index (χ0n) is 12.1. The summed E-state index contributed by atoms with van der Waals surface area (Å²) < 4.78 is 5.14. The second kappa shape index (κ2) is 3.23. The van der Waals surface area contributed by atoms with E-state index >= 15 is 0 Å². The van der Waals surface area contributed by atoms with Crippen molar-refractivity contribution >= 4 is 11.8 Å². The van der Waals surface area contributed by atoms with Crippen LogP contribution < -0.4 is 0 Å². The van der Waals surface area contributed by atoms with Crippen LogP contribution in [0.1, 0.15) is 31.2 Å². The Labute approximate surface area is 123 Å². The van der Waals surface area contributed by atoms with Crippen molar-refractivity contribution in [1.29, 1.82) is 0 Å². The third-order valence-electron chi connectivity index (χ3n) is 7.27. The number of esters is 1. The Hall–Kier alpha value is -1.64. The van der Waals surface area contributed by atoms with Gasteiger partial charge in [-0.05, 0) is 31.2 Å². The minimum absolute atomic E-state index is 0.0496. The van der Waals surface area contributed by atoms with Gasteiger partial charge in [0.05, 0.1) is 12.5 Å². The number of benzene rings is 1. The summed E-state index contributed by atoms with van der Waals surface area (Å²) in [7, 11) is 1.48. The Balaban J connectivity index is 1.68. The lowest BCUT2D eigenvalue weighted by Crippen LogP contribution is -2.79. The monoisotopic (exact) mass is 282 g/mol. The van der Waals surface area contributed by atoms with Gasteiger partial charge in [0.15, 0.2) is 0 Å². The maximum absolute atomic E-state index is 12.5. The van der Waals surface area contributed by atoms with E-state index in [-0.39, 0.29) is 34.1 Å². The number of ether oxygens (including phenoxy) is 1. The van der Waals surface area contributed by atoms with Crippen molar-refractivity contribution in [3.8, 4) is 0 Å². The molecule has 1 spiro atoms. The Kier molecular flexibility index (Phi) is 1.84. The zero-order chi connectivity index (χ0) is 14.5. The Morgan fingerprint density at radius 2 is 1.95 bits per heavy atom. The average molecular weight is 282 g/mol. The van der Waals surface area contributed by atoms with Crippen molar-refractivity contribution < 1.29 is 14.3 Å². The van der Waals surface area contributed by atoms with Crippen LogP contribution in [0.3, 0.4) is 0 Å². The second-order valence-corrected chi connectivity index (χ2v) is 7.43. The van der Waals surface area contributed by atoms with Gasteiger partial charge in [-0.2, -0.15) is 0 Å². The fourth-order valence-electron chi connectivity index (χ4n) is 6.76. The molecule has 0 aliphatic heterocycles. The van der Waals surface area contributed by atoms with E-state index in [1.807, 2.05) is 6.07 Å². The van der Waals surface area contributed by atoms with Crippen LogP contribution in [0.15, 0.2) is 30.3 Å². The fourth-order valence-corrected chi connectivity index (χ4v) is 6.76. The van der Waals surface area contributed by atoms with Crippen LogP contribution in [0.5, 0.6) is 0 Å². The molecule has 4 aliphatic rings. The van der Waals surface area contributed by atoms with E-state index in [1.165, 1.54) is 12.7 Å². The minimum Gasteiger partial charge on any atom is -0.469 e. The van der Waals surface area contributed by atoms with E-state index in [0.29, 0.717) is 5.78 Å². The van der Waals surface area contributed by atoms with Crippen LogP contribution in [-0.4, -0.2) is 18.9 Å². The standard InChI is InChI=1S/C18H18O3/c1-21-15(20)17-7-11-8-18(17)13(14(11)19)9-16(18,10-17)12-5-3-2-4-6-12/h2-6,11,13H,7-10H2,1H3. The summed E-state index contributed by atoms with van der Waals surface area (Å²) in [6.07, 6.45) is 3.44. The summed E-state index contributed by atoms with van der Waals surface area (Å²) in [5.41, 5.74) is 0.861. The third-order valence-corrected chi connectivity index (χ3v) is 7.27. The topological polar surface area (TPSA) is 43.4 Å². The first-order valence-electron chi connectivity index (χ1n) is 7.79. The molecule has 108 valence electrons. The van der Waals surface area contributed by atoms with Crippen molar-refractivity contribution in [3.05, 3.63) is 35.9 Å². The number of Topliss-reactive ketones (excluding diaryl/α,β-unsaturated/α-hetero) is 1. The zero-order valence-corrected chi connectivity index (χ0v) is 12.1. The molecular formula is C18H18O3. The smallest absolute Gasteiger partial charge is 0.312 e. The number of hydrogen-bond donors (Lipinski definition) is 0. The molecule has 5 atom stereocenters. The summed E-state index contributed by atoms with van der Waals surface area (Å²) >= 11 is 0. The number of methoxy groups -OCH3 is 1. The van der Waals surface area contributed by atoms with Gasteiger partial charge in [0.25, 0.3) is 0 Å². The first kappa shape index (κ1) is 12.0. The van der Waals surface area contributed by atoms with Crippen LogP contribution in [0.4, 0.5) is 0 Å². The maximum atomic E-state index is 12.5. The van der Waals surface area contributed by atoms with Gasteiger partial charge in [-0.1, -0.05) is 30.3 Å². The van der Waals surface area contributed by atoms with Gasteiger partial charge in [-0.15, -0.1) is 0 Å². The number of ketones is 1. The highest BCUT2D eigenvalue weighted by Gasteiger charge is 2.92. The van der Waals surface area contributed by atoms with Gasteiger partial charge in [-0.3, -0.25) is 9.59 Å². The van der Waals surface area contributed by atoms with Gasteiger partial charge in [0.2, 0.25) is 0 Å². The molecular weight excluding hydrogens is 264 g/mol. The molecule has 3 nitrogen and oxygen atoms in total. The van der Waals surface area contributed by atoms with E-state index in [1.54, 1.807) is 0 Å². The lowest BCUT2D eigenvalue weighted by atomic mass is 9.23. The molecule has 1 aromatic carbocycles. The fraction of sp³-hybridized carbons (Fsp3) is 0.556. The van der Waals surface area contributed by atoms with Crippen LogP contribution in [-0.2, 0) is 19.7 Å². The first-order chi connectivity index (χ1) is 10.1. The molecule has 0 saturated heterocycles.